The van der Waals surface area contributed by atoms with Gasteiger partial charge in [0.25, 0.3) is 0 Å². The van der Waals surface area contributed by atoms with E-state index < -0.39 is 0 Å². The highest BCUT2D eigenvalue weighted by Crippen LogP contribution is 2.23. The molecule has 0 aliphatic heterocycles. The highest BCUT2D eigenvalue weighted by atomic mass is 16.3. The van der Waals surface area contributed by atoms with Gasteiger partial charge in [0.05, 0.1) is 0 Å². The summed E-state index contributed by atoms with van der Waals surface area (Å²) in [5.74, 6) is -0.488. The Kier molecular flexibility index (Phi) is 1.37. The van der Waals surface area contributed by atoms with E-state index in [9.17, 15) is 0 Å². The van der Waals surface area contributed by atoms with Crippen LogP contribution >= 0.6 is 0 Å². The first-order valence-corrected chi connectivity index (χ1v) is 2.76. The molecule has 0 radical (unpaired) electrons. The standard InChI is InChI=1S/C6H8N2O2/c1-3-4(7)2-5(9)8-6(3)10/h2H,1H3,(H4,7,8,9,10). The Morgan fingerprint density at radius 1 is 1.50 bits per heavy atom. The fraction of sp³-hybridized carbons (Fsp3) is 0.167. The summed E-state index contributed by atoms with van der Waals surface area (Å²) in [6.45, 7) is 1.62. The summed E-state index contributed by atoms with van der Waals surface area (Å²) in [4.78, 5) is 3.37. The van der Waals surface area contributed by atoms with Gasteiger partial charge in [-0.2, -0.15) is 4.98 Å². The highest BCUT2D eigenvalue weighted by molar-refractivity contribution is 5.52. The van der Waals surface area contributed by atoms with Crippen LogP contribution in [0.2, 0.25) is 0 Å². The Bertz CT molecular complexity index is 237. The zero-order valence-corrected chi connectivity index (χ0v) is 5.50. The predicted octanol–water partition coefficient (Wildman–Crippen LogP) is 0.383. The van der Waals surface area contributed by atoms with Crippen LogP contribution in [-0.2, 0) is 0 Å². The van der Waals surface area contributed by atoms with Crippen molar-refractivity contribution >= 4 is 5.69 Å². The quantitative estimate of drug-likeness (QED) is 0.486. The van der Waals surface area contributed by atoms with Crippen LogP contribution in [0.15, 0.2) is 6.07 Å². The largest absolute Gasteiger partial charge is 0.493 e. The second-order valence-corrected chi connectivity index (χ2v) is 2.02. The van der Waals surface area contributed by atoms with Gasteiger partial charge in [0.1, 0.15) is 0 Å². The Hall–Kier alpha value is -1.45. The molecule has 0 unspecified atom stereocenters. The van der Waals surface area contributed by atoms with Crippen molar-refractivity contribution in [3.8, 4) is 11.8 Å². The van der Waals surface area contributed by atoms with Crippen molar-refractivity contribution in [1.82, 2.24) is 4.98 Å². The highest BCUT2D eigenvalue weighted by Gasteiger charge is 2.02. The van der Waals surface area contributed by atoms with Gasteiger partial charge in [-0.1, -0.05) is 0 Å². The Labute approximate surface area is 57.9 Å². The summed E-state index contributed by atoms with van der Waals surface area (Å²) >= 11 is 0. The van der Waals surface area contributed by atoms with Crippen molar-refractivity contribution in [1.29, 1.82) is 0 Å². The van der Waals surface area contributed by atoms with Gasteiger partial charge in [-0.3, -0.25) is 0 Å². The van der Waals surface area contributed by atoms with E-state index in [1.165, 1.54) is 6.07 Å². The molecule has 54 valence electrons. The van der Waals surface area contributed by atoms with Gasteiger partial charge in [-0.25, -0.2) is 0 Å². The second-order valence-electron chi connectivity index (χ2n) is 2.02. The van der Waals surface area contributed by atoms with Crippen LogP contribution in [0.4, 0.5) is 5.69 Å². The lowest BCUT2D eigenvalue weighted by atomic mass is 10.2. The van der Waals surface area contributed by atoms with Crippen LogP contribution in [0.3, 0.4) is 0 Å². The van der Waals surface area contributed by atoms with Gasteiger partial charge < -0.3 is 15.9 Å². The number of rotatable bonds is 0. The minimum absolute atomic E-state index is 0.225. The molecule has 0 aliphatic rings. The summed E-state index contributed by atoms with van der Waals surface area (Å²) in [5.41, 5.74) is 6.18. The molecule has 1 rings (SSSR count). The van der Waals surface area contributed by atoms with Gasteiger partial charge in [-0.05, 0) is 6.92 Å². The zero-order chi connectivity index (χ0) is 7.72. The van der Waals surface area contributed by atoms with Gasteiger partial charge >= 0.3 is 0 Å². The number of pyridine rings is 1. The molecule has 10 heavy (non-hydrogen) atoms. The number of aromatic hydroxyl groups is 2. The lowest BCUT2D eigenvalue weighted by Crippen LogP contribution is -1.91. The maximum atomic E-state index is 8.93. The second kappa shape index (κ2) is 2.06. The number of hydrogen-bond donors (Lipinski definition) is 3. The van der Waals surface area contributed by atoms with Gasteiger partial charge in [0.2, 0.25) is 11.8 Å². The molecule has 4 nitrogen and oxygen atoms in total. The molecule has 0 aromatic carbocycles. The number of nitrogen functional groups attached to an aromatic ring is 1. The van der Waals surface area contributed by atoms with Crippen molar-refractivity contribution < 1.29 is 10.2 Å². The molecule has 1 heterocycles. The molecule has 0 saturated heterocycles. The first-order valence-electron chi connectivity index (χ1n) is 2.76. The van der Waals surface area contributed by atoms with Crippen molar-refractivity contribution in [3.63, 3.8) is 0 Å². The number of anilines is 1. The Balaban J connectivity index is 3.31. The van der Waals surface area contributed by atoms with Crippen molar-refractivity contribution in [2.45, 2.75) is 6.92 Å². The monoisotopic (exact) mass is 140 g/mol. The maximum absolute atomic E-state index is 8.93. The molecular formula is C6H8N2O2. The third-order valence-corrected chi connectivity index (χ3v) is 1.27. The number of hydrogen-bond acceptors (Lipinski definition) is 4. The molecule has 0 bridgehead atoms. The van der Waals surface area contributed by atoms with Crippen LogP contribution in [0.5, 0.6) is 11.8 Å². The fourth-order valence-electron chi connectivity index (χ4n) is 0.601. The van der Waals surface area contributed by atoms with E-state index in [1.807, 2.05) is 0 Å². The van der Waals surface area contributed by atoms with E-state index in [4.69, 9.17) is 15.9 Å². The van der Waals surface area contributed by atoms with Crippen LogP contribution < -0.4 is 5.73 Å². The van der Waals surface area contributed by atoms with E-state index in [2.05, 4.69) is 4.98 Å². The van der Waals surface area contributed by atoms with Gasteiger partial charge in [-0.15, -0.1) is 0 Å². The molecule has 0 amide bonds. The van der Waals surface area contributed by atoms with Crippen LogP contribution in [0.1, 0.15) is 5.56 Å². The molecule has 4 N–H and O–H groups in total. The molecule has 1 aromatic heterocycles. The van der Waals surface area contributed by atoms with Gasteiger partial charge in [0.15, 0.2) is 0 Å². The van der Waals surface area contributed by atoms with Crippen molar-refractivity contribution in [3.05, 3.63) is 11.6 Å². The minimum atomic E-state index is -0.263. The minimum Gasteiger partial charge on any atom is -0.493 e. The summed E-state index contributed by atoms with van der Waals surface area (Å²) < 4.78 is 0. The third kappa shape index (κ3) is 0.953. The van der Waals surface area contributed by atoms with E-state index in [-0.39, 0.29) is 11.8 Å². The van der Waals surface area contributed by atoms with Gasteiger partial charge in [0, 0.05) is 17.3 Å². The maximum Gasteiger partial charge on any atom is 0.219 e. The Morgan fingerprint density at radius 3 is 2.60 bits per heavy atom. The smallest absolute Gasteiger partial charge is 0.219 e. The lowest BCUT2D eigenvalue weighted by Gasteiger charge is -2.00. The zero-order valence-electron chi connectivity index (χ0n) is 5.50. The average Bonchev–Trinajstić information content (AvgIpc) is 1.82. The third-order valence-electron chi connectivity index (χ3n) is 1.27. The molecule has 0 atom stereocenters. The molecule has 1 aromatic rings. The number of aromatic nitrogens is 1. The average molecular weight is 140 g/mol. The normalized spacial score (nSPS) is 9.70. The molecule has 0 aliphatic carbocycles. The first-order chi connectivity index (χ1) is 4.61. The van der Waals surface area contributed by atoms with E-state index >= 15 is 0 Å². The predicted molar refractivity (Wildman–Crippen MR) is 36.7 cm³/mol. The van der Waals surface area contributed by atoms with E-state index in [0.717, 1.165) is 0 Å². The van der Waals surface area contributed by atoms with Crippen LogP contribution in [0.25, 0.3) is 0 Å². The Morgan fingerprint density at radius 2 is 2.10 bits per heavy atom. The molecule has 0 fully saturated rings. The fourth-order valence-corrected chi connectivity index (χ4v) is 0.601. The number of nitrogens with zero attached hydrogens (tertiary/aromatic N) is 1. The summed E-state index contributed by atoms with van der Waals surface area (Å²) in [5, 5.41) is 17.7. The first kappa shape index (κ1) is 6.67. The summed E-state index contributed by atoms with van der Waals surface area (Å²) in [6.07, 6.45) is 0. The topological polar surface area (TPSA) is 79.4 Å². The molecular weight excluding hydrogens is 132 g/mol. The van der Waals surface area contributed by atoms with Crippen LogP contribution in [0, 0.1) is 6.92 Å². The van der Waals surface area contributed by atoms with Crippen molar-refractivity contribution in [2.24, 2.45) is 0 Å². The molecule has 4 heteroatoms. The van der Waals surface area contributed by atoms with E-state index in [0.29, 0.717) is 11.3 Å². The van der Waals surface area contributed by atoms with Crippen LogP contribution in [-0.4, -0.2) is 15.2 Å². The van der Waals surface area contributed by atoms with Crippen molar-refractivity contribution in [2.75, 3.05) is 5.73 Å². The SMILES string of the molecule is Cc1c(N)cc(O)nc1O. The molecule has 0 saturated carbocycles. The molecule has 0 spiro atoms. The van der Waals surface area contributed by atoms with E-state index in [1.54, 1.807) is 6.92 Å². The number of nitrogens with two attached hydrogens (primary N) is 1. The summed E-state index contributed by atoms with van der Waals surface area (Å²) in [7, 11) is 0. The lowest BCUT2D eigenvalue weighted by molar-refractivity contribution is 0.411. The summed E-state index contributed by atoms with van der Waals surface area (Å²) in [6, 6.07) is 1.29.